The van der Waals surface area contributed by atoms with Crippen LogP contribution in [0.25, 0.3) is 0 Å². The Morgan fingerprint density at radius 2 is 2.30 bits per heavy atom. The first-order valence-corrected chi connectivity index (χ1v) is 6.91. The third-order valence-corrected chi connectivity index (χ3v) is 3.55. The van der Waals surface area contributed by atoms with E-state index in [-0.39, 0.29) is 18.6 Å². The van der Waals surface area contributed by atoms with Crippen LogP contribution in [-0.4, -0.2) is 29.5 Å². The smallest absolute Gasteiger partial charge is 0.258 e. The standard InChI is InChI=1S/C15H20N2O3/c1-3-10(2)16-15(18)9-20-14-6-4-5-11-12(14)7-8-13(11)17-19/h4-6,10,19H,3,7-9H2,1-2H3,(H,16,18). The molecule has 1 aliphatic rings. The zero-order valence-corrected chi connectivity index (χ0v) is 11.8. The number of ether oxygens (including phenoxy) is 1. The van der Waals surface area contributed by atoms with Gasteiger partial charge in [-0.3, -0.25) is 4.79 Å². The lowest BCUT2D eigenvalue weighted by molar-refractivity contribution is -0.123. The molecule has 1 aromatic rings. The van der Waals surface area contributed by atoms with Gasteiger partial charge < -0.3 is 15.3 Å². The third kappa shape index (κ3) is 3.10. The van der Waals surface area contributed by atoms with Crippen LogP contribution in [0.15, 0.2) is 23.4 Å². The van der Waals surface area contributed by atoms with Gasteiger partial charge in [0.05, 0.1) is 5.71 Å². The highest BCUT2D eigenvalue weighted by Gasteiger charge is 2.22. The predicted molar refractivity (Wildman–Crippen MR) is 76.5 cm³/mol. The number of nitrogens with one attached hydrogen (secondary N) is 1. The number of carbonyl (C=O) groups excluding carboxylic acids is 1. The summed E-state index contributed by atoms with van der Waals surface area (Å²) in [5.41, 5.74) is 2.60. The molecule has 0 aliphatic heterocycles. The molecule has 0 saturated heterocycles. The van der Waals surface area contributed by atoms with E-state index in [0.717, 1.165) is 24.0 Å². The summed E-state index contributed by atoms with van der Waals surface area (Å²) in [6.07, 6.45) is 2.37. The van der Waals surface area contributed by atoms with E-state index >= 15 is 0 Å². The van der Waals surface area contributed by atoms with Gasteiger partial charge in [0, 0.05) is 17.2 Å². The van der Waals surface area contributed by atoms with Crippen molar-refractivity contribution >= 4 is 11.6 Å². The van der Waals surface area contributed by atoms with E-state index in [9.17, 15) is 4.79 Å². The lowest BCUT2D eigenvalue weighted by atomic mass is 10.1. The van der Waals surface area contributed by atoms with Gasteiger partial charge in [-0.15, -0.1) is 0 Å². The lowest BCUT2D eigenvalue weighted by Gasteiger charge is -2.13. The van der Waals surface area contributed by atoms with Gasteiger partial charge in [0.15, 0.2) is 6.61 Å². The number of benzene rings is 1. The van der Waals surface area contributed by atoms with Gasteiger partial charge >= 0.3 is 0 Å². The van der Waals surface area contributed by atoms with Crippen LogP contribution < -0.4 is 10.1 Å². The summed E-state index contributed by atoms with van der Waals surface area (Å²) in [5.74, 6) is 0.575. The van der Waals surface area contributed by atoms with Gasteiger partial charge in [0.25, 0.3) is 5.91 Å². The fourth-order valence-electron chi connectivity index (χ4n) is 2.27. The van der Waals surface area contributed by atoms with Gasteiger partial charge in [0.2, 0.25) is 0 Å². The second-order valence-corrected chi connectivity index (χ2v) is 4.99. The van der Waals surface area contributed by atoms with E-state index in [1.807, 2.05) is 32.0 Å². The molecule has 1 atom stereocenters. The number of rotatable bonds is 5. The average molecular weight is 276 g/mol. The van der Waals surface area contributed by atoms with Crippen LogP contribution in [0.4, 0.5) is 0 Å². The Morgan fingerprint density at radius 1 is 1.50 bits per heavy atom. The number of fused-ring (bicyclic) bond motifs is 1. The Kier molecular flexibility index (Phi) is 4.61. The van der Waals surface area contributed by atoms with Crippen molar-refractivity contribution in [2.75, 3.05) is 6.61 Å². The van der Waals surface area contributed by atoms with E-state index in [2.05, 4.69) is 10.5 Å². The molecule has 5 nitrogen and oxygen atoms in total. The minimum atomic E-state index is -0.119. The van der Waals surface area contributed by atoms with Crippen molar-refractivity contribution in [1.29, 1.82) is 0 Å². The normalized spacial score (nSPS) is 16.8. The van der Waals surface area contributed by atoms with E-state index in [1.54, 1.807) is 0 Å². The minimum Gasteiger partial charge on any atom is -0.483 e. The summed E-state index contributed by atoms with van der Waals surface area (Å²) in [4.78, 5) is 11.7. The molecule has 0 aromatic heterocycles. The molecule has 2 rings (SSSR count). The highest BCUT2D eigenvalue weighted by Crippen LogP contribution is 2.30. The van der Waals surface area contributed by atoms with Crippen molar-refractivity contribution in [2.45, 2.75) is 39.2 Å². The molecule has 1 unspecified atom stereocenters. The number of hydrogen-bond donors (Lipinski definition) is 2. The maximum absolute atomic E-state index is 11.7. The maximum Gasteiger partial charge on any atom is 0.258 e. The average Bonchev–Trinajstić information content (AvgIpc) is 2.88. The van der Waals surface area contributed by atoms with E-state index in [0.29, 0.717) is 17.9 Å². The van der Waals surface area contributed by atoms with Crippen molar-refractivity contribution in [3.63, 3.8) is 0 Å². The molecule has 20 heavy (non-hydrogen) atoms. The first kappa shape index (κ1) is 14.4. The van der Waals surface area contributed by atoms with Gasteiger partial charge in [-0.25, -0.2) is 0 Å². The van der Waals surface area contributed by atoms with E-state index < -0.39 is 0 Å². The summed E-state index contributed by atoms with van der Waals surface area (Å²) in [6, 6.07) is 5.75. The van der Waals surface area contributed by atoms with Crippen LogP contribution in [0.3, 0.4) is 0 Å². The SMILES string of the molecule is CCC(C)NC(=O)COc1cccc2c1CCC2=NO. The summed E-state index contributed by atoms with van der Waals surface area (Å²) in [7, 11) is 0. The molecule has 0 bridgehead atoms. The number of nitrogens with zero attached hydrogens (tertiary/aromatic N) is 1. The van der Waals surface area contributed by atoms with Crippen LogP contribution in [0.2, 0.25) is 0 Å². The monoisotopic (exact) mass is 276 g/mol. The van der Waals surface area contributed by atoms with E-state index in [4.69, 9.17) is 9.94 Å². The first-order chi connectivity index (χ1) is 9.65. The molecular formula is C15H20N2O3. The first-order valence-electron chi connectivity index (χ1n) is 6.91. The molecule has 0 fully saturated rings. The lowest BCUT2D eigenvalue weighted by Crippen LogP contribution is -2.35. The fourth-order valence-corrected chi connectivity index (χ4v) is 2.27. The Morgan fingerprint density at radius 3 is 3.00 bits per heavy atom. The van der Waals surface area contributed by atoms with Crippen LogP contribution >= 0.6 is 0 Å². The fraction of sp³-hybridized carbons (Fsp3) is 0.467. The summed E-state index contributed by atoms with van der Waals surface area (Å²) >= 11 is 0. The van der Waals surface area contributed by atoms with Crippen LogP contribution in [0, 0.1) is 0 Å². The highest BCUT2D eigenvalue weighted by molar-refractivity contribution is 6.04. The number of hydrogen-bond acceptors (Lipinski definition) is 4. The quantitative estimate of drug-likeness (QED) is 0.639. The molecule has 0 saturated carbocycles. The largest absolute Gasteiger partial charge is 0.483 e. The topological polar surface area (TPSA) is 70.9 Å². The van der Waals surface area contributed by atoms with Crippen molar-refractivity contribution < 1.29 is 14.7 Å². The van der Waals surface area contributed by atoms with Gasteiger partial charge in [0.1, 0.15) is 5.75 Å². The van der Waals surface area contributed by atoms with Crippen molar-refractivity contribution in [3.05, 3.63) is 29.3 Å². The maximum atomic E-state index is 11.7. The Labute approximate surface area is 118 Å². The Hall–Kier alpha value is -2.04. The molecule has 5 heteroatoms. The minimum absolute atomic E-state index is 0.00634. The molecule has 1 aliphatic carbocycles. The van der Waals surface area contributed by atoms with Crippen molar-refractivity contribution in [2.24, 2.45) is 5.16 Å². The third-order valence-electron chi connectivity index (χ3n) is 3.55. The zero-order chi connectivity index (χ0) is 14.5. The van der Waals surface area contributed by atoms with Crippen LogP contribution in [0.1, 0.15) is 37.8 Å². The molecule has 1 amide bonds. The molecule has 2 N–H and O–H groups in total. The highest BCUT2D eigenvalue weighted by atomic mass is 16.5. The molecule has 0 heterocycles. The second kappa shape index (κ2) is 6.41. The molecule has 1 aromatic carbocycles. The van der Waals surface area contributed by atoms with Crippen LogP contribution in [-0.2, 0) is 11.2 Å². The van der Waals surface area contributed by atoms with Gasteiger partial charge in [-0.2, -0.15) is 0 Å². The van der Waals surface area contributed by atoms with Gasteiger partial charge in [-0.1, -0.05) is 24.2 Å². The summed E-state index contributed by atoms with van der Waals surface area (Å²) < 4.78 is 5.60. The van der Waals surface area contributed by atoms with Crippen molar-refractivity contribution in [3.8, 4) is 5.75 Å². The molecule has 0 radical (unpaired) electrons. The molecule has 0 spiro atoms. The number of carbonyl (C=O) groups is 1. The molecular weight excluding hydrogens is 256 g/mol. The van der Waals surface area contributed by atoms with E-state index in [1.165, 1.54) is 0 Å². The zero-order valence-electron chi connectivity index (χ0n) is 11.8. The predicted octanol–water partition coefficient (Wildman–Crippen LogP) is 2.10. The number of oxime groups is 1. The van der Waals surface area contributed by atoms with Crippen molar-refractivity contribution in [1.82, 2.24) is 5.32 Å². The number of amides is 1. The summed E-state index contributed by atoms with van der Waals surface area (Å²) in [6.45, 7) is 3.99. The Balaban J connectivity index is 2.02. The molecule has 108 valence electrons. The van der Waals surface area contributed by atoms with Crippen LogP contribution in [0.5, 0.6) is 5.75 Å². The summed E-state index contributed by atoms with van der Waals surface area (Å²) in [5, 5.41) is 15.1. The Bertz CT molecular complexity index is 526. The van der Waals surface area contributed by atoms with Gasteiger partial charge in [-0.05, 0) is 32.3 Å². The second-order valence-electron chi connectivity index (χ2n) is 4.99.